The Balaban J connectivity index is 2.77. The molecule has 1 heteroatoms. The molecule has 1 aliphatic heterocycles. The first-order valence-corrected chi connectivity index (χ1v) is 2.84. The zero-order valence-electron chi connectivity index (χ0n) is 2.86. The molecule has 0 saturated carbocycles. The van der Waals surface area contributed by atoms with Crippen molar-refractivity contribution < 1.29 is 0 Å². The first-order valence-electron chi connectivity index (χ1n) is 1.63. The lowest BCUT2D eigenvalue weighted by molar-refractivity contribution is 1.75. The molecule has 1 rings (SSSR count). The van der Waals surface area contributed by atoms with Crippen LogP contribution in [0, 0.1) is 5.50 Å². The molecule has 0 saturated heterocycles. The van der Waals surface area contributed by atoms with Gasteiger partial charge in [0.15, 0.2) is 0 Å². The Morgan fingerprint density at radius 3 is 3.00 bits per heavy atom. The molecule has 0 radical (unpaired) electrons. The summed E-state index contributed by atoms with van der Waals surface area (Å²) in [5, 5.41) is 0. The van der Waals surface area contributed by atoms with Gasteiger partial charge in [-0.05, 0) is 15.0 Å². The van der Waals surface area contributed by atoms with Crippen molar-refractivity contribution in [3.63, 3.8) is 0 Å². The van der Waals surface area contributed by atoms with Gasteiger partial charge in [0, 0.05) is 6.04 Å². The number of rotatable bonds is 0. The summed E-state index contributed by atoms with van der Waals surface area (Å²) in [7, 11) is 0.948. The van der Waals surface area contributed by atoms with Gasteiger partial charge in [-0.2, -0.15) is 0 Å². The van der Waals surface area contributed by atoms with Crippen molar-refractivity contribution in [2.45, 2.75) is 6.04 Å². The second kappa shape index (κ2) is 1.25. The highest BCUT2D eigenvalue weighted by Crippen LogP contribution is 1.80. The summed E-state index contributed by atoms with van der Waals surface area (Å²) in [4.78, 5) is 0. The lowest BCUT2D eigenvalue weighted by atomic mass is 10.6. The van der Waals surface area contributed by atoms with Crippen molar-refractivity contribution in [3.05, 3.63) is 12.2 Å². The topological polar surface area (TPSA) is 0 Å². The van der Waals surface area contributed by atoms with Crippen molar-refractivity contribution in [1.29, 1.82) is 0 Å². The molecular formula is C4H4Si. The molecule has 0 aromatic carbocycles. The molecule has 0 aliphatic carbocycles. The number of hydrogen-bond acceptors (Lipinski definition) is 0. The molecule has 0 N–H and O–H groups in total. The van der Waals surface area contributed by atoms with Crippen molar-refractivity contribution in [1.82, 2.24) is 0 Å². The van der Waals surface area contributed by atoms with E-state index in [9.17, 15) is 0 Å². The third kappa shape index (κ3) is 0.502. The molecule has 0 bridgehead atoms. The fraction of sp³-hybridized carbons (Fsp3) is 0.250. The molecular weight excluding hydrogens is 76.1 g/mol. The summed E-state index contributed by atoms with van der Waals surface area (Å²) in [6, 6.07) is 1.24. The zero-order valence-corrected chi connectivity index (χ0v) is 3.86. The predicted octanol–water partition coefficient (Wildman–Crippen LogP) is 0.638. The molecule has 24 valence electrons. The summed E-state index contributed by atoms with van der Waals surface area (Å²) < 4.78 is 0. The van der Waals surface area contributed by atoms with Crippen LogP contribution in [0.15, 0.2) is 12.2 Å². The van der Waals surface area contributed by atoms with Crippen LogP contribution in [-0.4, -0.2) is 8.96 Å². The van der Waals surface area contributed by atoms with Gasteiger partial charge in [-0.3, -0.25) is 0 Å². The van der Waals surface area contributed by atoms with Crippen LogP contribution in [0.3, 0.4) is 0 Å². The van der Waals surface area contributed by atoms with Crippen LogP contribution in [0.1, 0.15) is 0 Å². The second-order valence-corrected chi connectivity index (χ2v) is 1.98. The fourth-order valence-electron chi connectivity index (χ4n) is 0.295. The third-order valence-electron chi connectivity index (χ3n) is 0.523. The largest absolute Gasteiger partial charge is 0.115 e. The number of hydrogen-bond donors (Lipinski definition) is 0. The lowest BCUT2D eigenvalue weighted by Gasteiger charge is -1.53. The summed E-state index contributed by atoms with van der Waals surface area (Å²) >= 11 is 0. The Bertz CT molecular complexity index is 103. The fourth-order valence-corrected chi connectivity index (χ4v) is 0.884. The molecule has 0 aromatic heterocycles. The minimum atomic E-state index is 0.948. The van der Waals surface area contributed by atoms with Gasteiger partial charge in [-0.25, -0.2) is 0 Å². The molecule has 0 atom stereocenters. The summed E-state index contributed by atoms with van der Waals surface area (Å²) in [5.74, 6) is 0. The van der Waals surface area contributed by atoms with E-state index in [1.807, 2.05) is 6.08 Å². The summed E-state index contributed by atoms with van der Waals surface area (Å²) in [5.41, 5.74) is 3.07. The Labute approximate surface area is 33.6 Å². The van der Waals surface area contributed by atoms with Crippen LogP contribution >= 0.6 is 0 Å². The summed E-state index contributed by atoms with van der Waals surface area (Å²) in [6.07, 6.45) is 4.14. The van der Waals surface area contributed by atoms with Gasteiger partial charge in [0.2, 0.25) is 0 Å². The SMILES string of the molecule is C1#[Si]CC=C1. The van der Waals surface area contributed by atoms with E-state index >= 15 is 0 Å². The molecule has 5 heavy (non-hydrogen) atoms. The Morgan fingerprint density at radius 1 is 1.80 bits per heavy atom. The van der Waals surface area contributed by atoms with Crippen molar-refractivity contribution in [3.8, 4) is 5.50 Å². The standard InChI is InChI=1S/C4H4Si/c1-2-4-5-3-1/h1-2H,3H2. The highest BCUT2D eigenvalue weighted by atomic mass is 28.2. The highest BCUT2D eigenvalue weighted by molar-refractivity contribution is 6.26. The van der Waals surface area contributed by atoms with Gasteiger partial charge in [0.25, 0.3) is 0 Å². The Kier molecular flexibility index (Phi) is 0.736. The molecule has 0 nitrogen and oxygen atoms in total. The average Bonchev–Trinajstić information content (AvgIpc) is 1.76. The molecule has 0 amide bonds. The zero-order chi connectivity index (χ0) is 3.54. The smallest absolute Gasteiger partial charge is 0.00534 e. The second-order valence-electron chi connectivity index (χ2n) is 0.928. The molecule has 0 aromatic rings. The van der Waals surface area contributed by atoms with Crippen LogP contribution in [0.5, 0.6) is 0 Å². The molecule has 0 unspecified atom stereocenters. The summed E-state index contributed by atoms with van der Waals surface area (Å²) in [6.45, 7) is 0. The first kappa shape index (κ1) is 2.95. The van der Waals surface area contributed by atoms with Crippen LogP contribution in [0.25, 0.3) is 0 Å². The van der Waals surface area contributed by atoms with Gasteiger partial charge in [0.05, 0.1) is 0 Å². The van der Waals surface area contributed by atoms with E-state index in [4.69, 9.17) is 0 Å². The quantitative estimate of drug-likeness (QED) is 0.374. The Hall–Kier alpha value is -0.263. The maximum Gasteiger partial charge on any atom is 0.00534 e. The maximum absolute atomic E-state index is 3.07. The minimum Gasteiger partial charge on any atom is -0.115 e. The monoisotopic (exact) mass is 80.0 g/mol. The van der Waals surface area contributed by atoms with Gasteiger partial charge < -0.3 is 0 Å². The van der Waals surface area contributed by atoms with Gasteiger partial charge in [0.1, 0.15) is 0 Å². The third-order valence-corrected chi connectivity index (χ3v) is 1.33. The predicted molar refractivity (Wildman–Crippen MR) is 23.6 cm³/mol. The van der Waals surface area contributed by atoms with Crippen molar-refractivity contribution >= 4 is 8.96 Å². The van der Waals surface area contributed by atoms with E-state index in [0.717, 1.165) is 8.96 Å². The van der Waals surface area contributed by atoms with Gasteiger partial charge in [-0.1, -0.05) is 6.08 Å². The maximum atomic E-state index is 3.07. The van der Waals surface area contributed by atoms with E-state index in [-0.39, 0.29) is 0 Å². The van der Waals surface area contributed by atoms with E-state index in [1.165, 1.54) is 6.04 Å². The normalized spacial score (nSPS) is 14.4. The van der Waals surface area contributed by atoms with Crippen LogP contribution in [0.2, 0.25) is 6.04 Å². The van der Waals surface area contributed by atoms with Gasteiger partial charge in [-0.15, -0.1) is 5.50 Å². The molecule has 1 heterocycles. The molecule has 1 aliphatic rings. The van der Waals surface area contributed by atoms with Crippen molar-refractivity contribution in [2.75, 3.05) is 0 Å². The van der Waals surface area contributed by atoms with E-state index in [0.29, 0.717) is 0 Å². The van der Waals surface area contributed by atoms with Crippen LogP contribution in [-0.2, 0) is 0 Å². The molecule has 0 fully saturated rings. The van der Waals surface area contributed by atoms with Crippen molar-refractivity contribution in [2.24, 2.45) is 0 Å². The van der Waals surface area contributed by atoms with Crippen LogP contribution < -0.4 is 0 Å². The van der Waals surface area contributed by atoms with E-state index < -0.39 is 0 Å². The Morgan fingerprint density at radius 2 is 2.80 bits per heavy atom. The first-order chi connectivity index (χ1) is 2.50. The van der Waals surface area contributed by atoms with E-state index in [2.05, 4.69) is 11.6 Å². The number of allylic oxidation sites excluding steroid dienone is 2. The van der Waals surface area contributed by atoms with Gasteiger partial charge >= 0.3 is 0 Å². The molecule has 0 spiro atoms. The lowest BCUT2D eigenvalue weighted by Crippen LogP contribution is -1.50. The van der Waals surface area contributed by atoms with E-state index in [1.54, 1.807) is 0 Å². The average molecular weight is 80.2 g/mol. The van der Waals surface area contributed by atoms with Crippen LogP contribution in [0.4, 0.5) is 0 Å². The minimum absolute atomic E-state index is 0.948. The highest BCUT2D eigenvalue weighted by Gasteiger charge is 1.70.